The van der Waals surface area contributed by atoms with Crippen LogP contribution in [0.25, 0.3) is 22.1 Å². The van der Waals surface area contributed by atoms with Crippen LogP contribution in [0.3, 0.4) is 0 Å². The average Bonchev–Trinajstić information content (AvgIpc) is 3.23. The second-order valence-corrected chi connectivity index (χ2v) is 7.89. The first kappa shape index (κ1) is 18.4. The van der Waals surface area contributed by atoms with Gasteiger partial charge in [-0.05, 0) is 36.4 Å². The molecule has 26 heavy (non-hydrogen) atoms. The SMILES string of the molecule is CCc1nc2ccc(S(=O)(=O)c3ccc4nc(CC)[nH]c4c3)cc2[nH]1.Cl. The number of H-pyrrole nitrogens is 2. The molecule has 6 nitrogen and oxygen atoms in total. The number of nitrogens with zero attached hydrogens (tertiary/aromatic N) is 2. The van der Waals surface area contributed by atoms with Crippen molar-refractivity contribution in [2.24, 2.45) is 0 Å². The fraction of sp³-hybridized carbons (Fsp3) is 0.222. The number of fused-ring (bicyclic) bond motifs is 2. The normalized spacial score (nSPS) is 11.8. The van der Waals surface area contributed by atoms with Gasteiger partial charge >= 0.3 is 0 Å². The fourth-order valence-electron chi connectivity index (χ4n) is 2.89. The number of hydrogen-bond donors (Lipinski definition) is 2. The van der Waals surface area contributed by atoms with Crippen LogP contribution in [0.4, 0.5) is 0 Å². The van der Waals surface area contributed by atoms with Crippen LogP contribution in [-0.2, 0) is 22.7 Å². The second-order valence-electron chi connectivity index (χ2n) is 5.94. The van der Waals surface area contributed by atoms with Gasteiger partial charge in [-0.2, -0.15) is 0 Å². The maximum absolute atomic E-state index is 13.0. The van der Waals surface area contributed by atoms with Gasteiger partial charge in [-0.25, -0.2) is 18.4 Å². The standard InChI is InChI=1S/C18H18N4O2S.ClH/c1-3-17-19-13-7-5-11(9-15(13)21-17)25(23,24)12-6-8-14-16(10-12)22-18(4-2)20-14;/h5-10H,3-4H2,1-2H3,(H,19,21)(H,20,22);1H. The smallest absolute Gasteiger partial charge is 0.206 e. The lowest BCUT2D eigenvalue weighted by molar-refractivity contribution is 0.596. The number of imidazole rings is 2. The fourth-order valence-corrected chi connectivity index (χ4v) is 4.20. The Bertz CT molecular complexity index is 1110. The molecule has 0 aliphatic rings. The number of aromatic nitrogens is 4. The molecule has 0 fully saturated rings. The molecule has 8 heteroatoms. The summed E-state index contributed by atoms with van der Waals surface area (Å²) in [4.78, 5) is 15.7. The van der Waals surface area contributed by atoms with Gasteiger partial charge in [0.1, 0.15) is 11.6 Å². The maximum atomic E-state index is 13.0. The van der Waals surface area contributed by atoms with E-state index in [9.17, 15) is 8.42 Å². The topological polar surface area (TPSA) is 91.5 Å². The number of rotatable bonds is 4. The molecule has 2 aromatic carbocycles. The number of hydrogen-bond acceptors (Lipinski definition) is 4. The minimum absolute atomic E-state index is 0. The van der Waals surface area contributed by atoms with E-state index in [-0.39, 0.29) is 22.2 Å². The van der Waals surface area contributed by atoms with E-state index in [1.54, 1.807) is 36.4 Å². The highest BCUT2D eigenvalue weighted by Crippen LogP contribution is 2.26. The molecule has 2 N–H and O–H groups in total. The Kier molecular flexibility index (Phi) is 4.77. The van der Waals surface area contributed by atoms with Crippen molar-refractivity contribution in [3.8, 4) is 0 Å². The van der Waals surface area contributed by atoms with Crippen LogP contribution in [0.5, 0.6) is 0 Å². The third kappa shape index (κ3) is 2.97. The van der Waals surface area contributed by atoms with Crippen molar-refractivity contribution in [3.63, 3.8) is 0 Å². The summed E-state index contributed by atoms with van der Waals surface area (Å²) in [5, 5.41) is 0. The van der Waals surface area contributed by atoms with Crippen molar-refractivity contribution in [2.45, 2.75) is 36.5 Å². The average molecular weight is 391 g/mol. The third-order valence-corrected chi connectivity index (χ3v) is 6.04. The van der Waals surface area contributed by atoms with Gasteiger partial charge in [0.15, 0.2) is 0 Å². The summed E-state index contributed by atoms with van der Waals surface area (Å²) in [6, 6.07) is 9.97. The molecule has 0 spiro atoms. The van der Waals surface area contributed by atoms with Gasteiger partial charge in [0.05, 0.1) is 31.9 Å². The number of halogens is 1. The number of aryl methyl sites for hydroxylation is 2. The molecule has 0 aliphatic carbocycles. The van der Waals surface area contributed by atoms with E-state index in [2.05, 4.69) is 19.9 Å². The highest BCUT2D eigenvalue weighted by Gasteiger charge is 2.20. The molecule has 0 unspecified atom stereocenters. The Morgan fingerprint density at radius 1 is 0.808 bits per heavy atom. The van der Waals surface area contributed by atoms with Gasteiger partial charge in [-0.15, -0.1) is 12.4 Å². The van der Waals surface area contributed by atoms with Gasteiger partial charge in [0, 0.05) is 12.8 Å². The van der Waals surface area contributed by atoms with Crippen LogP contribution in [0, 0.1) is 0 Å². The van der Waals surface area contributed by atoms with Crippen LogP contribution < -0.4 is 0 Å². The Balaban J connectivity index is 0.00000196. The van der Waals surface area contributed by atoms with Crippen LogP contribution in [0.15, 0.2) is 46.2 Å². The summed E-state index contributed by atoms with van der Waals surface area (Å²) in [5.41, 5.74) is 3.00. The predicted octanol–water partition coefficient (Wildman–Crippen LogP) is 3.82. The van der Waals surface area contributed by atoms with E-state index in [1.807, 2.05) is 13.8 Å². The second kappa shape index (κ2) is 6.74. The molecular weight excluding hydrogens is 372 g/mol. The summed E-state index contributed by atoms with van der Waals surface area (Å²) >= 11 is 0. The first-order valence-corrected chi connectivity index (χ1v) is 9.72. The van der Waals surface area contributed by atoms with Gasteiger partial charge in [-0.1, -0.05) is 13.8 Å². The quantitative estimate of drug-likeness (QED) is 0.554. The van der Waals surface area contributed by atoms with Crippen LogP contribution in [0.1, 0.15) is 25.5 Å². The number of sulfone groups is 1. The summed E-state index contributed by atoms with van der Waals surface area (Å²) in [6.45, 7) is 4.00. The van der Waals surface area contributed by atoms with Crippen molar-refractivity contribution in [2.75, 3.05) is 0 Å². The molecule has 0 bridgehead atoms. The minimum Gasteiger partial charge on any atom is -0.342 e. The van der Waals surface area contributed by atoms with E-state index >= 15 is 0 Å². The third-order valence-electron chi connectivity index (χ3n) is 4.30. The van der Waals surface area contributed by atoms with E-state index in [1.165, 1.54) is 0 Å². The molecule has 2 aromatic heterocycles. The molecule has 4 rings (SSSR count). The van der Waals surface area contributed by atoms with E-state index in [0.29, 0.717) is 0 Å². The van der Waals surface area contributed by atoms with Crippen molar-refractivity contribution in [3.05, 3.63) is 48.0 Å². The van der Waals surface area contributed by atoms with Gasteiger partial charge < -0.3 is 9.97 Å². The lowest BCUT2D eigenvalue weighted by atomic mass is 10.3. The van der Waals surface area contributed by atoms with Gasteiger partial charge in [0.25, 0.3) is 0 Å². The zero-order valence-corrected chi connectivity index (χ0v) is 16.0. The molecule has 0 radical (unpaired) electrons. The van der Waals surface area contributed by atoms with E-state index in [0.717, 1.165) is 46.6 Å². The first-order chi connectivity index (χ1) is 12.0. The van der Waals surface area contributed by atoms with Crippen molar-refractivity contribution >= 4 is 44.3 Å². The molecule has 0 atom stereocenters. The molecule has 136 valence electrons. The summed E-state index contributed by atoms with van der Waals surface area (Å²) < 4.78 is 26.0. The Hall–Kier alpha value is -2.38. The zero-order valence-electron chi connectivity index (χ0n) is 14.4. The first-order valence-electron chi connectivity index (χ1n) is 8.23. The Morgan fingerprint density at radius 3 is 1.62 bits per heavy atom. The number of aromatic amines is 2. The van der Waals surface area contributed by atoms with E-state index in [4.69, 9.17) is 0 Å². The molecule has 0 saturated carbocycles. The Morgan fingerprint density at radius 2 is 1.23 bits per heavy atom. The minimum atomic E-state index is -3.61. The lowest BCUT2D eigenvalue weighted by Gasteiger charge is -2.04. The molecule has 4 aromatic rings. The molecule has 0 aliphatic heterocycles. The largest absolute Gasteiger partial charge is 0.342 e. The summed E-state index contributed by atoms with van der Waals surface area (Å²) in [5.74, 6) is 1.69. The molecular formula is C18H19ClN4O2S. The van der Waals surface area contributed by atoms with Crippen molar-refractivity contribution in [1.29, 1.82) is 0 Å². The number of benzene rings is 2. The zero-order chi connectivity index (χ0) is 17.6. The highest BCUT2D eigenvalue weighted by atomic mass is 35.5. The Labute approximate surface area is 157 Å². The highest BCUT2D eigenvalue weighted by molar-refractivity contribution is 7.91. The van der Waals surface area contributed by atoms with Crippen LogP contribution in [-0.4, -0.2) is 28.4 Å². The lowest BCUT2D eigenvalue weighted by Crippen LogP contribution is -2.01. The summed E-state index contributed by atoms with van der Waals surface area (Å²) in [7, 11) is -3.61. The van der Waals surface area contributed by atoms with Crippen LogP contribution >= 0.6 is 12.4 Å². The van der Waals surface area contributed by atoms with E-state index < -0.39 is 9.84 Å². The molecule has 2 heterocycles. The molecule has 0 amide bonds. The van der Waals surface area contributed by atoms with Crippen molar-refractivity contribution in [1.82, 2.24) is 19.9 Å². The predicted molar refractivity (Wildman–Crippen MR) is 104 cm³/mol. The van der Waals surface area contributed by atoms with Gasteiger partial charge in [-0.3, -0.25) is 0 Å². The number of nitrogens with one attached hydrogen (secondary N) is 2. The van der Waals surface area contributed by atoms with Gasteiger partial charge in [0.2, 0.25) is 9.84 Å². The molecule has 0 saturated heterocycles. The monoisotopic (exact) mass is 390 g/mol. The maximum Gasteiger partial charge on any atom is 0.206 e. The summed E-state index contributed by atoms with van der Waals surface area (Å²) in [6.07, 6.45) is 1.54. The van der Waals surface area contributed by atoms with Crippen molar-refractivity contribution < 1.29 is 8.42 Å². The van der Waals surface area contributed by atoms with Crippen LogP contribution in [0.2, 0.25) is 0 Å².